The van der Waals surface area contributed by atoms with Crippen LogP contribution >= 0.6 is 11.3 Å². The first-order valence-corrected chi connectivity index (χ1v) is 7.66. The summed E-state index contributed by atoms with van der Waals surface area (Å²) < 4.78 is 1.26. The largest absolute Gasteiger partial charge is 0.341 e. The Morgan fingerprint density at radius 1 is 1.38 bits per heavy atom. The molecule has 0 atom stereocenters. The average Bonchev–Trinajstić information content (AvgIpc) is 3.15. The monoisotopic (exact) mass is 300 g/mol. The number of nitrogens with zero attached hydrogens (tertiary/aromatic N) is 3. The Morgan fingerprint density at radius 2 is 2.24 bits per heavy atom. The van der Waals surface area contributed by atoms with Crippen molar-refractivity contribution in [1.82, 2.24) is 20.3 Å². The maximum absolute atomic E-state index is 12.2. The maximum Gasteiger partial charge on any atom is 0.223 e. The minimum atomic E-state index is 0.119. The highest BCUT2D eigenvalue weighted by Gasteiger charge is 2.12. The molecule has 3 rings (SSSR count). The second-order valence-electron chi connectivity index (χ2n) is 4.97. The van der Waals surface area contributed by atoms with E-state index < -0.39 is 0 Å². The van der Waals surface area contributed by atoms with Crippen LogP contribution in [0.25, 0.3) is 10.1 Å². The second kappa shape index (κ2) is 6.05. The van der Waals surface area contributed by atoms with Gasteiger partial charge in [0.15, 0.2) is 0 Å². The van der Waals surface area contributed by atoms with Crippen LogP contribution in [0.3, 0.4) is 0 Å². The Kier molecular flexibility index (Phi) is 3.96. The molecule has 108 valence electrons. The average molecular weight is 300 g/mol. The molecule has 0 spiro atoms. The van der Waals surface area contributed by atoms with Gasteiger partial charge in [0.1, 0.15) is 0 Å². The quantitative estimate of drug-likeness (QED) is 0.788. The minimum absolute atomic E-state index is 0.119. The molecule has 2 heterocycles. The van der Waals surface area contributed by atoms with Crippen molar-refractivity contribution in [3.05, 3.63) is 47.1 Å². The summed E-state index contributed by atoms with van der Waals surface area (Å²) in [6, 6.07) is 8.28. The van der Waals surface area contributed by atoms with E-state index in [1.807, 2.05) is 19.2 Å². The summed E-state index contributed by atoms with van der Waals surface area (Å²) in [5.74, 6) is 0.119. The Balaban J connectivity index is 1.62. The van der Waals surface area contributed by atoms with Crippen LogP contribution in [-0.2, 0) is 17.8 Å². The molecule has 1 N–H and O–H groups in total. The standard InChI is InChI=1S/C15H16N4OS/c1-19(15(20)7-6-12-8-16-18-17-12)9-11-10-21-14-5-3-2-4-13(11)14/h2-5,8,10H,6-7,9H2,1H3,(H,16,17,18). The van der Waals surface area contributed by atoms with Gasteiger partial charge in [-0.05, 0) is 22.4 Å². The molecule has 0 bridgehead atoms. The fraction of sp³-hybridized carbons (Fsp3) is 0.267. The van der Waals surface area contributed by atoms with Crippen LogP contribution in [0.1, 0.15) is 17.7 Å². The van der Waals surface area contributed by atoms with Crippen LogP contribution in [0.2, 0.25) is 0 Å². The van der Waals surface area contributed by atoms with Gasteiger partial charge in [0, 0.05) is 31.1 Å². The van der Waals surface area contributed by atoms with Gasteiger partial charge in [-0.1, -0.05) is 18.2 Å². The highest BCUT2D eigenvalue weighted by atomic mass is 32.1. The molecule has 0 aliphatic heterocycles. The van der Waals surface area contributed by atoms with Crippen LogP contribution in [0.5, 0.6) is 0 Å². The lowest BCUT2D eigenvalue weighted by Gasteiger charge is -2.16. The van der Waals surface area contributed by atoms with Crippen LogP contribution in [0.4, 0.5) is 0 Å². The first-order valence-electron chi connectivity index (χ1n) is 6.78. The van der Waals surface area contributed by atoms with E-state index in [-0.39, 0.29) is 5.91 Å². The Morgan fingerprint density at radius 3 is 3.05 bits per heavy atom. The number of H-pyrrole nitrogens is 1. The minimum Gasteiger partial charge on any atom is -0.341 e. The summed E-state index contributed by atoms with van der Waals surface area (Å²) in [6.45, 7) is 0.641. The van der Waals surface area contributed by atoms with E-state index in [1.165, 1.54) is 15.6 Å². The predicted octanol–water partition coefficient (Wildman–Crippen LogP) is 2.61. The number of hydrogen-bond donors (Lipinski definition) is 1. The van der Waals surface area contributed by atoms with Crippen molar-refractivity contribution in [1.29, 1.82) is 0 Å². The number of aromatic nitrogens is 3. The summed E-state index contributed by atoms with van der Waals surface area (Å²) >= 11 is 1.72. The lowest BCUT2D eigenvalue weighted by molar-refractivity contribution is -0.130. The topological polar surface area (TPSA) is 61.9 Å². The molecule has 0 saturated carbocycles. The van der Waals surface area contributed by atoms with E-state index >= 15 is 0 Å². The van der Waals surface area contributed by atoms with Gasteiger partial charge in [-0.3, -0.25) is 4.79 Å². The molecule has 3 aromatic rings. The van der Waals surface area contributed by atoms with E-state index in [4.69, 9.17) is 0 Å². The predicted molar refractivity (Wildman–Crippen MR) is 83.0 cm³/mol. The molecule has 0 fully saturated rings. The molecule has 21 heavy (non-hydrogen) atoms. The van der Waals surface area contributed by atoms with Gasteiger partial charge < -0.3 is 4.90 Å². The van der Waals surface area contributed by atoms with Crippen molar-refractivity contribution >= 4 is 27.3 Å². The van der Waals surface area contributed by atoms with Crippen molar-refractivity contribution in [2.45, 2.75) is 19.4 Å². The number of aromatic amines is 1. The number of carbonyl (C=O) groups is 1. The Labute approximate surface area is 126 Å². The molecule has 0 unspecified atom stereocenters. The van der Waals surface area contributed by atoms with E-state index in [1.54, 1.807) is 22.4 Å². The van der Waals surface area contributed by atoms with Gasteiger partial charge in [-0.2, -0.15) is 15.4 Å². The molecule has 1 amide bonds. The number of nitrogens with one attached hydrogen (secondary N) is 1. The lowest BCUT2D eigenvalue weighted by atomic mass is 10.1. The third-order valence-electron chi connectivity index (χ3n) is 3.45. The zero-order valence-corrected chi connectivity index (χ0v) is 12.6. The number of carbonyl (C=O) groups excluding carboxylic acids is 1. The van der Waals surface area contributed by atoms with Crippen LogP contribution < -0.4 is 0 Å². The number of thiophene rings is 1. The summed E-state index contributed by atoms with van der Waals surface area (Å²) in [4.78, 5) is 13.9. The number of aryl methyl sites for hydroxylation is 1. The SMILES string of the molecule is CN(Cc1csc2ccccc12)C(=O)CCc1cn[nH]n1. The maximum atomic E-state index is 12.2. The van der Waals surface area contributed by atoms with Crippen molar-refractivity contribution < 1.29 is 4.79 Å². The van der Waals surface area contributed by atoms with Crippen LogP contribution in [0.15, 0.2) is 35.8 Å². The number of benzene rings is 1. The Hall–Kier alpha value is -2.21. The van der Waals surface area contributed by atoms with Gasteiger partial charge in [-0.15, -0.1) is 11.3 Å². The van der Waals surface area contributed by atoms with Crippen molar-refractivity contribution in [3.8, 4) is 0 Å². The van der Waals surface area contributed by atoms with Gasteiger partial charge in [0.2, 0.25) is 5.91 Å². The zero-order chi connectivity index (χ0) is 14.7. The van der Waals surface area contributed by atoms with Crippen LogP contribution in [0, 0.1) is 0 Å². The molecule has 1 aromatic carbocycles. The highest BCUT2D eigenvalue weighted by Crippen LogP contribution is 2.26. The van der Waals surface area contributed by atoms with Gasteiger partial charge in [0.25, 0.3) is 0 Å². The summed E-state index contributed by atoms with van der Waals surface area (Å²) in [5, 5.41) is 13.6. The lowest BCUT2D eigenvalue weighted by Crippen LogP contribution is -2.26. The smallest absolute Gasteiger partial charge is 0.223 e. The van der Waals surface area contributed by atoms with Crippen molar-refractivity contribution in [3.63, 3.8) is 0 Å². The summed E-state index contributed by atoms with van der Waals surface area (Å²) in [5.41, 5.74) is 2.02. The Bertz CT molecular complexity index is 735. The third kappa shape index (κ3) is 3.11. The highest BCUT2D eigenvalue weighted by molar-refractivity contribution is 7.17. The molecule has 0 aliphatic carbocycles. The van der Waals surface area contributed by atoms with E-state index in [0.29, 0.717) is 19.4 Å². The molecule has 0 radical (unpaired) electrons. The fourth-order valence-corrected chi connectivity index (χ4v) is 3.22. The number of rotatable bonds is 5. The normalized spacial score (nSPS) is 10.9. The fourth-order valence-electron chi connectivity index (χ4n) is 2.27. The summed E-state index contributed by atoms with van der Waals surface area (Å²) in [7, 11) is 1.84. The molecule has 2 aromatic heterocycles. The number of hydrogen-bond acceptors (Lipinski definition) is 4. The van der Waals surface area contributed by atoms with Gasteiger partial charge in [0.05, 0.1) is 11.9 Å². The molecule has 0 aliphatic rings. The van der Waals surface area contributed by atoms with Gasteiger partial charge >= 0.3 is 0 Å². The number of amides is 1. The molecule has 0 saturated heterocycles. The van der Waals surface area contributed by atoms with E-state index in [9.17, 15) is 4.79 Å². The number of fused-ring (bicyclic) bond motifs is 1. The van der Waals surface area contributed by atoms with Gasteiger partial charge in [-0.25, -0.2) is 0 Å². The molecular weight excluding hydrogens is 284 g/mol. The third-order valence-corrected chi connectivity index (χ3v) is 4.47. The van der Waals surface area contributed by atoms with E-state index in [0.717, 1.165) is 5.69 Å². The zero-order valence-electron chi connectivity index (χ0n) is 11.7. The molecule has 6 heteroatoms. The second-order valence-corrected chi connectivity index (χ2v) is 5.88. The van der Waals surface area contributed by atoms with E-state index in [2.05, 4.69) is 32.9 Å². The summed E-state index contributed by atoms with van der Waals surface area (Å²) in [6.07, 6.45) is 2.72. The van der Waals surface area contributed by atoms with Crippen molar-refractivity contribution in [2.75, 3.05) is 7.05 Å². The first-order chi connectivity index (χ1) is 10.2. The van der Waals surface area contributed by atoms with Crippen molar-refractivity contribution in [2.24, 2.45) is 0 Å². The first kappa shape index (κ1) is 13.8. The van der Waals surface area contributed by atoms with Crippen LogP contribution in [-0.4, -0.2) is 33.3 Å². The molecular formula is C15H16N4OS. The molecule has 5 nitrogen and oxygen atoms in total.